The van der Waals surface area contributed by atoms with Gasteiger partial charge >= 0.3 is 39.5 Å². The molecule has 0 aromatic carbocycles. The molecule has 516 valence electrons. The van der Waals surface area contributed by atoms with Crippen LogP contribution >= 0.6 is 15.6 Å². The van der Waals surface area contributed by atoms with E-state index < -0.39 is 97.5 Å². The largest absolute Gasteiger partial charge is 0.472 e. The minimum Gasteiger partial charge on any atom is -0.462 e. The second-order valence-electron chi connectivity index (χ2n) is 24.8. The Labute approximate surface area is 530 Å². The molecule has 87 heavy (non-hydrogen) atoms. The molecule has 0 bridgehead atoms. The lowest BCUT2D eigenvalue weighted by atomic mass is 9.99. The zero-order valence-electron chi connectivity index (χ0n) is 56.2. The van der Waals surface area contributed by atoms with E-state index in [9.17, 15) is 43.2 Å². The molecule has 0 aromatic heterocycles. The van der Waals surface area contributed by atoms with E-state index in [4.69, 9.17) is 37.0 Å². The number of carbonyl (C=O) groups is 4. The fraction of sp³-hybridized carbons (Fsp3) is 0.941. The van der Waals surface area contributed by atoms with Gasteiger partial charge in [0, 0.05) is 25.7 Å². The van der Waals surface area contributed by atoms with Crippen molar-refractivity contribution in [2.24, 2.45) is 5.92 Å². The molecule has 0 amide bonds. The van der Waals surface area contributed by atoms with Crippen LogP contribution in [0.2, 0.25) is 0 Å². The van der Waals surface area contributed by atoms with Gasteiger partial charge in [0.25, 0.3) is 0 Å². The van der Waals surface area contributed by atoms with Crippen molar-refractivity contribution in [3.05, 3.63) is 0 Å². The Balaban J connectivity index is 5.16. The Bertz CT molecular complexity index is 1690. The predicted molar refractivity (Wildman–Crippen MR) is 349 cm³/mol. The predicted octanol–water partition coefficient (Wildman–Crippen LogP) is 19.4. The Kier molecular flexibility index (Phi) is 60.2. The van der Waals surface area contributed by atoms with Crippen molar-refractivity contribution < 1.29 is 80.2 Å². The van der Waals surface area contributed by atoms with E-state index in [2.05, 4.69) is 34.6 Å². The fourth-order valence-electron chi connectivity index (χ4n) is 10.3. The van der Waals surface area contributed by atoms with Crippen molar-refractivity contribution in [3.63, 3.8) is 0 Å². The van der Waals surface area contributed by atoms with Crippen molar-refractivity contribution in [3.8, 4) is 0 Å². The summed E-state index contributed by atoms with van der Waals surface area (Å²) in [4.78, 5) is 72.2. The highest BCUT2D eigenvalue weighted by atomic mass is 31.2. The molecule has 3 N–H and O–H groups in total. The van der Waals surface area contributed by atoms with Crippen molar-refractivity contribution >= 4 is 39.5 Å². The Morgan fingerprint density at radius 2 is 0.552 bits per heavy atom. The molecule has 0 heterocycles. The van der Waals surface area contributed by atoms with Gasteiger partial charge < -0.3 is 33.8 Å². The van der Waals surface area contributed by atoms with Gasteiger partial charge in [-0.1, -0.05) is 298 Å². The summed E-state index contributed by atoms with van der Waals surface area (Å²) in [6.07, 6.45) is 47.4. The summed E-state index contributed by atoms with van der Waals surface area (Å²) in [6, 6.07) is 0. The summed E-state index contributed by atoms with van der Waals surface area (Å²) in [5, 5.41) is 10.5. The summed E-state index contributed by atoms with van der Waals surface area (Å²) in [6.45, 7) is 7.17. The van der Waals surface area contributed by atoms with Crippen molar-refractivity contribution in [1.29, 1.82) is 0 Å². The van der Waals surface area contributed by atoms with Crippen molar-refractivity contribution in [2.75, 3.05) is 39.6 Å². The lowest BCUT2D eigenvalue weighted by Crippen LogP contribution is -2.30. The summed E-state index contributed by atoms with van der Waals surface area (Å²) >= 11 is 0. The van der Waals surface area contributed by atoms with Crippen LogP contribution in [0.3, 0.4) is 0 Å². The first kappa shape index (κ1) is 85.1. The van der Waals surface area contributed by atoms with E-state index in [1.807, 2.05) is 0 Å². The van der Waals surface area contributed by atoms with Gasteiger partial charge in [-0.2, -0.15) is 0 Å². The molecule has 19 heteroatoms. The van der Waals surface area contributed by atoms with Crippen LogP contribution in [0.25, 0.3) is 0 Å². The van der Waals surface area contributed by atoms with Crippen LogP contribution in [-0.4, -0.2) is 96.7 Å². The number of unbranched alkanes of at least 4 members (excludes halogenated alkanes) is 39. The van der Waals surface area contributed by atoms with Crippen LogP contribution in [0.15, 0.2) is 0 Å². The monoisotopic (exact) mass is 1280 g/mol. The van der Waals surface area contributed by atoms with Gasteiger partial charge in [0.2, 0.25) is 0 Å². The highest BCUT2D eigenvalue weighted by molar-refractivity contribution is 7.47. The average molecular weight is 1280 g/mol. The van der Waals surface area contributed by atoms with Crippen LogP contribution in [0.1, 0.15) is 349 Å². The molecule has 17 nitrogen and oxygen atoms in total. The van der Waals surface area contributed by atoms with Crippen LogP contribution in [0, 0.1) is 5.92 Å². The van der Waals surface area contributed by atoms with Gasteiger partial charge in [0.1, 0.15) is 19.3 Å². The first-order chi connectivity index (χ1) is 42.1. The molecule has 0 aliphatic rings. The third-order valence-corrected chi connectivity index (χ3v) is 18.0. The van der Waals surface area contributed by atoms with Gasteiger partial charge in [-0.05, 0) is 31.6 Å². The SMILES string of the molecule is CCCCCCCCCCCCCCCCCCCCCC(=O)O[C@H](COC(=O)CCCCCCCCCCC(C)CC)COP(=O)(O)OC[C@@H](O)COP(=O)(O)OC[C@@H](COC(=O)CCCCCCCCC)OC(=O)CCCCCCCCCCC. The lowest BCUT2D eigenvalue weighted by Gasteiger charge is -2.21. The third-order valence-electron chi connectivity index (χ3n) is 16.1. The Morgan fingerprint density at radius 1 is 0.322 bits per heavy atom. The number of esters is 4. The Morgan fingerprint density at radius 3 is 0.816 bits per heavy atom. The molecule has 3 unspecified atom stereocenters. The standard InChI is InChI=1S/C68H132O17P2/c1-6-10-13-16-19-21-22-23-24-25-26-27-28-29-30-32-39-44-49-54-68(73)85-64(58-79-66(71)52-47-42-37-34-33-36-40-45-50-61(5)9-4)60-83-87(76,77)81-56-62(69)55-80-86(74,75)82-59-63(57-78-65(70)51-46-41-35-18-15-12-8-3)84-67(72)53-48-43-38-31-20-17-14-11-7-2/h61-64,69H,6-60H2,1-5H3,(H,74,75)(H,76,77)/t61?,62-,63+,64+/m0/s1. The van der Waals surface area contributed by atoms with Crippen LogP contribution in [-0.2, 0) is 65.4 Å². The summed E-state index contributed by atoms with van der Waals surface area (Å²) in [5.41, 5.74) is 0. The maximum Gasteiger partial charge on any atom is 0.472 e. The molecule has 0 rings (SSSR count). The highest BCUT2D eigenvalue weighted by Crippen LogP contribution is 2.45. The number of hydrogen-bond donors (Lipinski definition) is 3. The van der Waals surface area contributed by atoms with E-state index in [-0.39, 0.29) is 25.7 Å². The summed E-state index contributed by atoms with van der Waals surface area (Å²) < 4.78 is 68.0. The molecular formula is C68H132O17P2. The molecule has 6 atom stereocenters. The van der Waals surface area contributed by atoms with Crippen LogP contribution in [0.4, 0.5) is 0 Å². The molecule has 0 aliphatic carbocycles. The van der Waals surface area contributed by atoms with Crippen molar-refractivity contribution in [1.82, 2.24) is 0 Å². The molecule has 0 spiro atoms. The second-order valence-corrected chi connectivity index (χ2v) is 27.7. The van der Waals surface area contributed by atoms with Gasteiger partial charge in [-0.15, -0.1) is 0 Å². The summed E-state index contributed by atoms with van der Waals surface area (Å²) in [7, 11) is -9.89. The minimum absolute atomic E-state index is 0.105. The number of ether oxygens (including phenoxy) is 4. The average Bonchev–Trinajstić information content (AvgIpc) is 3.53. The lowest BCUT2D eigenvalue weighted by molar-refractivity contribution is -0.161. The summed E-state index contributed by atoms with van der Waals surface area (Å²) in [5.74, 6) is -1.35. The molecule has 0 aliphatic heterocycles. The topological polar surface area (TPSA) is 237 Å². The number of phosphoric acid groups is 2. The van der Waals surface area contributed by atoms with Gasteiger partial charge in [0.05, 0.1) is 26.4 Å². The molecule has 0 fully saturated rings. The van der Waals surface area contributed by atoms with Gasteiger partial charge in [0.15, 0.2) is 12.2 Å². The molecule has 0 saturated heterocycles. The number of aliphatic hydroxyl groups excluding tert-OH is 1. The quantitative estimate of drug-likeness (QED) is 0.0222. The highest BCUT2D eigenvalue weighted by Gasteiger charge is 2.30. The molecule has 0 aromatic rings. The van der Waals surface area contributed by atoms with E-state index in [1.54, 1.807) is 0 Å². The molecule has 0 saturated carbocycles. The number of hydrogen-bond acceptors (Lipinski definition) is 15. The van der Waals surface area contributed by atoms with E-state index in [0.717, 1.165) is 109 Å². The maximum atomic E-state index is 13.0. The second kappa shape index (κ2) is 61.6. The maximum absolute atomic E-state index is 13.0. The first-order valence-corrected chi connectivity index (χ1v) is 38.7. The third kappa shape index (κ3) is 61.3. The van der Waals surface area contributed by atoms with E-state index in [0.29, 0.717) is 25.7 Å². The molecular weight excluding hydrogens is 1150 g/mol. The zero-order chi connectivity index (χ0) is 64.2. The van der Waals surface area contributed by atoms with Crippen LogP contribution < -0.4 is 0 Å². The van der Waals surface area contributed by atoms with Crippen LogP contribution in [0.5, 0.6) is 0 Å². The Hall–Kier alpha value is -1.94. The van der Waals surface area contributed by atoms with Gasteiger partial charge in [-0.25, -0.2) is 9.13 Å². The van der Waals surface area contributed by atoms with Crippen molar-refractivity contribution in [2.45, 2.75) is 368 Å². The van der Waals surface area contributed by atoms with Gasteiger partial charge in [-0.3, -0.25) is 37.3 Å². The van der Waals surface area contributed by atoms with E-state index in [1.165, 1.54) is 161 Å². The minimum atomic E-state index is -4.95. The zero-order valence-corrected chi connectivity index (χ0v) is 57.9. The number of rotatable bonds is 68. The normalized spacial score (nSPS) is 14.4. The number of phosphoric ester groups is 2. The first-order valence-electron chi connectivity index (χ1n) is 35.7. The smallest absolute Gasteiger partial charge is 0.462 e. The van der Waals surface area contributed by atoms with E-state index >= 15 is 0 Å². The molecule has 0 radical (unpaired) electrons. The number of carbonyl (C=O) groups excluding carboxylic acids is 4. The number of aliphatic hydroxyl groups is 1. The fourth-order valence-corrected chi connectivity index (χ4v) is 11.8.